The van der Waals surface area contributed by atoms with E-state index in [9.17, 15) is 9.59 Å². The third-order valence-corrected chi connectivity index (χ3v) is 17.0. The van der Waals surface area contributed by atoms with Crippen molar-refractivity contribution >= 4 is 34.6 Å². The zero-order chi connectivity index (χ0) is 53.3. The van der Waals surface area contributed by atoms with Gasteiger partial charge in [-0.15, -0.1) is 0 Å². The molecule has 9 heterocycles. The normalized spacial score (nSPS) is 27.7. The molecule has 18 nitrogen and oxygen atoms in total. The Balaban J connectivity index is 1.07. The SMILES string of the molecule is CO[C@@H](C)c1ncc(N2CCN(C3CC3)CC2)cc1-c1c2c3cc(ccc3n1CCO[C@H]1CCOC(C)(C)C1)-c1nc(co1)[C@@H](N1CCCC1)[C@H](NC(=O)OC(C)(C)C)C(=O)N1N[C@H](C(=O)OCC(C)(C)C2)C2CC1C2. The van der Waals surface area contributed by atoms with Gasteiger partial charge in [0.25, 0.3) is 5.91 Å². The lowest BCUT2D eigenvalue weighted by Gasteiger charge is -2.53. The van der Waals surface area contributed by atoms with Crippen LogP contribution in [0, 0.1) is 11.3 Å². The van der Waals surface area contributed by atoms with E-state index in [0.29, 0.717) is 69.7 Å². The van der Waals surface area contributed by atoms with Gasteiger partial charge in [-0.25, -0.2) is 15.2 Å². The minimum Gasteiger partial charge on any atom is -0.464 e. The molecule has 2 saturated carbocycles. The van der Waals surface area contributed by atoms with Crippen LogP contribution in [0.15, 0.2) is 41.1 Å². The van der Waals surface area contributed by atoms with E-state index >= 15 is 4.79 Å². The number of hydrazine groups is 1. The molecule has 412 valence electrons. The third kappa shape index (κ3) is 11.0. The van der Waals surface area contributed by atoms with Crippen molar-refractivity contribution in [2.75, 3.05) is 71.1 Å². The van der Waals surface area contributed by atoms with Gasteiger partial charge < -0.3 is 42.9 Å². The molecule has 2 amide bonds. The summed E-state index contributed by atoms with van der Waals surface area (Å²) in [5.74, 6) is -0.391. The largest absolute Gasteiger partial charge is 0.464 e. The number of esters is 1. The van der Waals surface area contributed by atoms with Crippen LogP contribution in [0.25, 0.3) is 33.6 Å². The van der Waals surface area contributed by atoms with Gasteiger partial charge in [-0.1, -0.05) is 13.8 Å². The van der Waals surface area contributed by atoms with Crippen molar-refractivity contribution in [3.05, 3.63) is 53.7 Å². The van der Waals surface area contributed by atoms with Crippen LogP contribution in [0.4, 0.5) is 10.5 Å². The Kier molecular flexibility index (Phi) is 14.6. The van der Waals surface area contributed by atoms with E-state index in [-0.39, 0.29) is 42.3 Å². The Morgan fingerprint density at radius 3 is 2.45 bits per heavy atom. The number of cyclic esters (lactones) is 1. The van der Waals surface area contributed by atoms with Crippen molar-refractivity contribution in [1.82, 2.24) is 40.1 Å². The minimum absolute atomic E-state index is 0.00455. The number of hydrogen-bond donors (Lipinski definition) is 2. The van der Waals surface area contributed by atoms with E-state index in [1.54, 1.807) is 39.2 Å². The van der Waals surface area contributed by atoms with E-state index in [4.69, 9.17) is 38.1 Å². The summed E-state index contributed by atoms with van der Waals surface area (Å²) >= 11 is 0. The number of amides is 2. The Hall–Kier alpha value is -5.11. The number of carbonyl (C=O) groups is 3. The lowest BCUT2D eigenvalue weighted by Crippen LogP contribution is -2.72. The van der Waals surface area contributed by atoms with Crippen LogP contribution in [-0.2, 0) is 46.2 Å². The summed E-state index contributed by atoms with van der Waals surface area (Å²) in [7, 11) is 1.73. The number of pyridine rings is 1. The molecule has 6 aliphatic heterocycles. The van der Waals surface area contributed by atoms with Gasteiger partial charge in [0.2, 0.25) is 5.89 Å². The van der Waals surface area contributed by atoms with E-state index in [1.807, 2.05) is 6.20 Å². The van der Waals surface area contributed by atoms with Crippen molar-refractivity contribution in [2.24, 2.45) is 11.3 Å². The van der Waals surface area contributed by atoms with Gasteiger partial charge in [0, 0.05) is 92.4 Å². The molecule has 7 fully saturated rings. The van der Waals surface area contributed by atoms with Gasteiger partial charge >= 0.3 is 12.1 Å². The quantitative estimate of drug-likeness (QED) is 0.138. The summed E-state index contributed by atoms with van der Waals surface area (Å²) in [6.07, 6.45) is 10.5. The topological polar surface area (TPSA) is 178 Å². The predicted octanol–water partition coefficient (Wildman–Crippen LogP) is 7.97. The molecule has 8 aliphatic rings. The second kappa shape index (κ2) is 20.9. The molecule has 12 rings (SSSR count). The van der Waals surface area contributed by atoms with Crippen LogP contribution >= 0.6 is 0 Å². The molecule has 0 unspecified atom stereocenters. The fourth-order valence-corrected chi connectivity index (χ4v) is 12.8. The van der Waals surface area contributed by atoms with Crippen LogP contribution < -0.4 is 15.6 Å². The summed E-state index contributed by atoms with van der Waals surface area (Å²) in [5, 5.41) is 5.57. The van der Waals surface area contributed by atoms with Crippen molar-refractivity contribution in [3.8, 4) is 22.7 Å². The van der Waals surface area contributed by atoms with Crippen LogP contribution in [-0.4, -0.2) is 155 Å². The summed E-state index contributed by atoms with van der Waals surface area (Å²) in [5.41, 5.74) is 8.91. The molecule has 0 spiro atoms. The number of rotatable bonds is 11. The lowest BCUT2D eigenvalue weighted by atomic mass is 9.73. The highest BCUT2D eigenvalue weighted by Gasteiger charge is 2.53. The number of nitrogens with one attached hydrogen (secondary N) is 2. The highest BCUT2D eigenvalue weighted by Crippen LogP contribution is 2.45. The van der Waals surface area contributed by atoms with Gasteiger partial charge in [-0.05, 0) is 142 Å². The second-order valence-corrected chi connectivity index (χ2v) is 25.1. The Morgan fingerprint density at radius 2 is 1.74 bits per heavy atom. The Morgan fingerprint density at radius 1 is 0.974 bits per heavy atom. The van der Waals surface area contributed by atoms with Gasteiger partial charge in [-0.2, -0.15) is 0 Å². The minimum atomic E-state index is -1.14. The highest BCUT2D eigenvalue weighted by molar-refractivity contribution is 5.95. The molecule has 76 heavy (non-hydrogen) atoms. The zero-order valence-electron chi connectivity index (χ0n) is 46.3. The van der Waals surface area contributed by atoms with Crippen molar-refractivity contribution in [3.63, 3.8) is 0 Å². The maximum absolute atomic E-state index is 15.2. The second-order valence-electron chi connectivity index (χ2n) is 25.1. The monoisotopic (exact) mass is 1050 g/mol. The lowest BCUT2D eigenvalue weighted by molar-refractivity contribution is -0.171. The van der Waals surface area contributed by atoms with Crippen molar-refractivity contribution < 1.29 is 42.5 Å². The first-order valence-electron chi connectivity index (χ1n) is 28.2. The van der Waals surface area contributed by atoms with Crippen LogP contribution in [0.1, 0.15) is 136 Å². The Bertz CT molecular complexity index is 2780. The number of oxazole rings is 1. The van der Waals surface area contributed by atoms with Gasteiger partial charge in [0.1, 0.15) is 23.9 Å². The molecule has 0 radical (unpaired) electrons. The van der Waals surface area contributed by atoms with Gasteiger partial charge in [-0.3, -0.25) is 29.4 Å². The number of nitrogens with zero attached hydrogens (tertiary/aromatic N) is 7. The summed E-state index contributed by atoms with van der Waals surface area (Å²) < 4.78 is 40.1. The van der Waals surface area contributed by atoms with E-state index in [0.717, 1.165) is 96.5 Å². The molecule has 3 aromatic heterocycles. The van der Waals surface area contributed by atoms with Crippen LogP contribution in [0.3, 0.4) is 0 Å². The van der Waals surface area contributed by atoms with Gasteiger partial charge in [0.05, 0.1) is 66.0 Å². The average molecular weight is 1050 g/mol. The Labute approximate surface area is 447 Å². The maximum atomic E-state index is 15.2. The molecule has 2 aliphatic carbocycles. The van der Waals surface area contributed by atoms with E-state index in [1.165, 1.54) is 12.8 Å². The molecule has 18 heteroatoms. The van der Waals surface area contributed by atoms with Crippen LogP contribution in [0.2, 0.25) is 0 Å². The first kappa shape index (κ1) is 52.9. The molecular weight excluding hydrogens is 967 g/mol. The first-order chi connectivity index (χ1) is 36.3. The predicted molar refractivity (Wildman–Crippen MR) is 287 cm³/mol. The molecule has 8 bridgehead atoms. The summed E-state index contributed by atoms with van der Waals surface area (Å²) in [6.45, 7) is 23.0. The number of methoxy groups -OCH3 is 1. The number of carbonyl (C=O) groups excluding carboxylic acids is 3. The highest BCUT2D eigenvalue weighted by atomic mass is 16.6. The molecule has 1 aromatic carbocycles. The third-order valence-electron chi connectivity index (χ3n) is 17.0. The fourth-order valence-electron chi connectivity index (χ4n) is 12.8. The molecule has 2 N–H and O–H groups in total. The van der Waals surface area contributed by atoms with E-state index in [2.05, 4.69) is 88.9 Å². The summed E-state index contributed by atoms with van der Waals surface area (Å²) in [4.78, 5) is 61.4. The van der Waals surface area contributed by atoms with Crippen LogP contribution in [0.5, 0.6) is 0 Å². The molecular formula is C58H81N9O9. The zero-order valence-corrected chi connectivity index (χ0v) is 46.3. The number of hydrogen-bond acceptors (Lipinski definition) is 15. The number of piperazine rings is 1. The van der Waals surface area contributed by atoms with Crippen molar-refractivity contribution in [2.45, 2.75) is 173 Å². The fraction of sp³-hybridized carbons (Fsp3) is 0.672. The van der Waals surface area contributed by atoms with E-state index < -0.39 is 41.2 Å². The molecule has 4 aromatic rings. The first-order valence-corrected chi connectivity index (χ1v) is 28.2. The number of benzene rings is 1. The number of alkyl carbamates (subject to hydrolysis) is 1. The van der Waals surface area contributed by atoms with Gasteiger partial charge in [0.15, 0.2) is 0 Å². The number of ether oxygens (including phenoxy) is 5. The smallest absolute Gasteiger partial charge is 0.408 e. The molecule has 5 saturated heterocycles. The average Bonchev–Trinajstić information content (AvgIpc) is 3.72. The summed E-state index contributed by atoms with van der Waals surface area (Å²) in [6, 6.07) is 6.64. The number of fused-ring (bicyclic) bond motifs is 4. The maximum Gasteiger partial charge on any atom is 0.408 e. The molecule has 5 atom stereocenters. The number of likely N-dealkylation sites (tertiary alicyclic amines) is 1. The standard InChI is InChI=1S/C58H81N9O9/c1-35(71-9)47-43(29-40(32-59-47)64-21-19-63(20-22-64)38-13-14-38)50-44-31-57(5,6)34-74-54(69)48-37-26-39(27-37)67(62-48)53(68)49(61-55(70)76-56(2,3)4)51(65-17-10-11-18-65)45-33-73-52(60-45)36-12-15-46(42(44)28-36)66(50)23-25-72-41-16-24-75-58(7,8)30-41/h12,15,28-29,32-33,35,37-39,41,48-49,51,62H,10-11,13-14,16-27,30-31,34H2,1-9H3,(H,61,70)/t35-,37?,39?,41-,48-,49-,51+/m0/s1. The number of aromatic nitrogens is 3. The number of anilines is 1. The van der Waals surface area contributed by atoms with Crippen molar-refractivity contribution in [1.29, 1.82) is 0 Å².